The predicted molar refractivity (Wildman–Crippen MR) is 110 cm³/mol. The summed E-state index contributed by atoms with van der Waals surface area (Å²) in [6.45, 7) is 1.67. The van der Waals surface area contributed by atoms with Crippen molar-refractivity contribution in [3.63, 3.8) is 0 Å². The molecule has 2 aliphatic rings. The van der Waals surface area contributed by atoms with Crippen LogP contribution in [0.15, 0.2) is 40.0 Å². The van der Waals surface area contributed by atoms with Gasteiger partial charge in [-0.15, -0.1) is 0 Å². The van der Waals surface area contributed by atoms with Gasteiger partial charge in [0.15, 0.2) is 0 Å². The van der Waals surface area contributed by atoms with Gasteiger partial charge in [0.2, 0.25) is 0 Å². The Bertz CT molecular complexity index is 1220. The fourth-order valence-corrected chi connectivity index (χ4v) is 4.74. The van der Waals surface area contributed by atoms with Gasteiger partial charge in [-0.05, 0) is 47.5 Å². The number of halogens is 4. The summed E-state index contributed by atoms with van der Waals surface area (Å²) in [4.78, 5) is 21.3. The molecule has 1 N–H and O–H groups in total. The third-order valence-electron chi connectivity index (χ3n) is 6.27. The maximum absolute atomic E-state index is 14.6. The van der Waals surface area contributed by atoms with E-state index in [-0.39, 0.29) is 22.6 Å². The van der Waals surface area contributed by atoms with Crippen LogP contribution in [-0.4, -0.2) is 14.5 Å². The van der Waals surface area contributed by atoms with Crippen molar-refractivity contribution in [1.82, 2.24) is 14.5 Å². The van der Waals surface area contributed by atoms with E-state index < -0.39 is 23.8 Å². The van der Waals surface area contributed by atoms with Gasteiger partial charge >= 0.3 is 0 Å². The fourth-order valence-electron chi connectivity index (χ4n) is 4.22. The number of aromatic nitrogens is 3. The first-order valence-electron chi connectivity index (χ1n) is 9.71. The van der Waals surface area contributed by atoms with Crippen LogP contribution in [-0.2, 0) is 0 Å². The van der Waals surface area contributed by atoms with Crippen molar-refractivity contribution in [1.29, 1.82) is 0 Å². The van der Waals surface area contributed by atoms with Crippen molar-refractivity contribution >= 4 is 32.7 Å². The second-order valence-corrected chi connectivity index (χ2v) is 8.93. The highest BCUT2D eigenvalue weighted by atomic mass is 79.9. The molecule has 5 rings (SSSR count). The Kier molecular flexibility index (Phi) is 4.43. The van der Waals surface area contributed by atoms with Crippen LogP contribution in [0, 0.1) is 11.2 Å². The number of fused-ring (bicyclic) bond motifs is 1. The minimum atomic E-state index is -2.89. The lowest BCUT2D eigenvalue weighted by atomic mass is 10.0. The quantitative estimate of drug-likeness (QED) is 0.523. The van der Waals surface area contributed by atoms with E-state index >= 15 is 0 Å². The first-order chi connectivity index (χ1) is 14.3. The van der Waals surface area contributed by atoms with E-state index in [0.717, 1.165) is 25.3 Å². The van der Waals surface area contributed by atoms with Gasteiger partial charge in [-0.1, -0.05) is 18.2 Å². The third-order valence-corrected chi connectivity index (χ3v) is 6.98. The molecule has 0 amide bonds. The molecule has 30 heavy (non-hydrogen) atoms. The number of pyridine rings is 1. The molecule has 2 fully saturated rings. The molecular formula is C21H18BrF3N4O. The maximum Gasteiger partial charge on any atom is 0.267 e. The van der Waals surface area contributed by atoms with Crippen LogP contribution in [0.5, 0.6) is 0 Å². The van der Waals surface area contributed by atoms with Crippen LogP contribution in [0.25, 0.3) is 10.9 Å². The Labute approximate surface area is 178 Å². The van der Waals surface area contributed by atoms with Crippen LogP contribution >= 0.6 is 15.9 Å². The summed E-state index contributed by atoms with van der Waals surface area (Å²) in [5.41, 5.74) is 0.0736. The van der Waals surface area contributed by atoms with Gasteiger partial charge in [0.05, 0.1) is 22.5 Å². The molecule has 5 nitrogen and oxygen atoms in total. The van der Waals surface area contributed by atoms with Gasteiger partial charge in [0, 0.05) is 17.8 Å². The van der Waals surface area contributed by atoms with Gasteiger partial charge in [0.1, 0.15) is 22.4 Å². The number of hydrogen-bond acceptors (Lipinski definition) is 4. The maximum atomic E-state index is 14.6. The molecule has 0 aliphatic heterocycles. The first kappa shape index (κ1) is 19.5. The van der Waals surface area contributed by atoms with E-state index in [0.29, 0.717) is 21.2 Å². The second kappa shape index (κ2) is 6.80. The topological polar surface area (TPSA) is 59.8 Å². The molecule has 2 aromatic heterocycles. The van der Waals surface area contributed by atoms with E-state index in [1.165, 1.54) is 18.5 Å². The lowest BCUT2D eigenvalue weighted by Gasteiger charge is -2.19. The van der Waals surface area contributed by atoms with Crippen molar-refractivity contribution in [2.75, 3.05) is 5.32 Å². The third kappa shape index (κ3) is 3.02. The Morgan fingerprint density at radius 1 is 1.27 bits per heavy atom. The van der Waals surface area contributed by atoms with Crippen molar-refractivity contribution in [3.05, 3.63) is 62.5 Å². The number of rotatable bonds is 5. The number of hydrogen-bond donors (Lipinski definition) is 1. The Hall–Kier alpha value is -2.42. The molecule has 0 saturated heterocycles. The van der Waals surface area contributed by atoms with Crippen molar-refractivity contribution < 1.29 is 13.2 Å². The van der Waals surface area contributed by atoms with E-state index in [1.807, 2.05) is 0 Å². The number of alkyl halides is 2. The highest BCUT2D eigenvalue weighted by molar-refractivity contribution is 9.10. The lowest BCUT2D eigenvalue weighted by Crippen LogP contribution is -2.21. The number of benzene rings is 1. The molecule has 1 unspecified atom stereocenters. The standard InChI is InChI=1S/C21H18BrF3N4O/c1-10(11-3-2-4-12(16(11)23)18(24)25)28-19-13-8-29(14-7-21(14)5-6-21)20(30)15(22)17(13)26-9-27-19/h2-4,8-10,14,18H,5-7H2,1H3,(H,26,27,28)/t10-,14?/m1/s1. The van der Waals surface area contributed by atoms with Crippen LogP contribution in [0.3, 0.4) is 0 Å². The summed E-state index contributed by atoms with van der Waals surface area (Å²) in [6, 6.07) is 3.50. The van der Waals surface area contributed by atoms with Gasteiger partial charge in [-0.3, -0.25) is 4.79 Å². The number of nitrogens with one attached hydrogen (secondary N) is 1. The lowest BCUT2D eigenvalue weighted by molar-refractivity contribution is 0.146. The summed E-state index contributed by atoms with van der Waals surface area (Å²) in [7, 11) is 0. The van der Waals surface area contributed by atoms with Gasteiger partial charge in [0.25, 0.3) is 12.0 Å². The molecule has 2 saturated carbocycles. The smallest absolute Gasteiger partial charge is 0.267 e. The summed E-state index contributed by atoms with van der Waals surface area (Å²) in [5.74, 6) is -0.521. The molecule has 1 spiro atoms. The van der Waals surface area contributed by atoms with Gasteiger partial charge in [-0.2, -0.15) is 0 Å². The molecule has 9 heteroatoms. The molecule has 0 bridgehead atoms. The highest BCUT2D eigenvalue weighted by Gasteiger charge is 2.64. The van der Waals surface area contributed by atoms with Crippen LogP contribution < -0.4 is 10.9 Å². The molecule has 2 aliphatic carbocycles. The Morgan fingerprint density at radius 3 is 2.67 bits per heavy atom. The zero-order valence-electron chi connectivity index (χ0n) is 16.0. The van der Waals surface area contributed by atoms with E-state index in [1.54, 1.807) is 17.7 Å². The number of nitrogens with zero attached hydrogens (tertiary/aromatic N) is 3. The van der Waals surface area contributed by atoms with E-state index in [9.17, 15) is 18.0 Å². The predicted octanol–water partition coefficient (Wildman–Crippen LogP) is 5.53. The van der Waals surface area contributed by atoms with Gasteiger partial charge < -0.3 is 9.88 Å². The molecule has 0 radical (unpaired) electrons. The summed E-state index contributed by atoms with van der Waals surface area (Å²) in [5, 5.41) is 3.72. The average molecular weight is 479 g/mol. The molecule has 1 aromatic carbocycles. The summed E-state index contributed by atoms with van der Waals surface area (Å²) in [6.07, 6.45) is 3.43. The highest BCUT2D eigenvalue weighted by Crippen LogP contribution is 2.72. The summed E-state index contributed by atoms with van der Waals surface area (Å²) < 4.78 is 42.8. The van der Waals surface area contributed by atoms with Crippen LogP contribution in [0.2, 0.25) is 0 Å². The van der Waals surface area contributed by atoms with E-state index in [2.05, 4.69) is 31.2 Å². The molecule has 2 heterocycles. The van der Waals surface area contributed by atoms with E-state index in [4.69, 9.17) is 0 Å². The average Bonchev–Trinajstić information content (AvgIpc) is 3.64. The van der Waals surface area contributed by atoms with Crippen LogP contribution in [0.4, 0.5) is 19.0 Å². The molecule has 3 aromatic rings. The monoisotopic (exact) mass is 478 g/mol. The molecule has 156 valence electrons. The first-order valence-corrected chi connectivity index (χ1v) is 10.5. The fraction of sp³-hybridized carbons (Fsp3) is 0.381. The largest absolute Gasteiger partial charge is 0.363 e. The number of anilines is 1. The minimum absolute atomic E-state index is 0.117. The Balaban J connectivity index is 1.55. The van der Waals surface area contributed by atoms with Crippen LogP contribution in [0.1, 0.15) is 55.8 Å². The second-order valence-electron chi connectivity index (χ2n) is 8.14. The van der Waals surface area contributed by atoms with Gasteiger partial charge in [-0.25, -0.2) is 23.1 Å². The normalized spacial score (nSPS) is 20.0. The zero-order valence-corrected chi connectivity index (χ0v) is 17.6. The molecular weight excluding hydrogens is 461 g/mol. The van der Waals surface area contributed by atoms with Crippen molar-refractivity contribution in [3.8, 4) is 0 Å². The Morgan fingerprint density at radius 2 is 2.00 bits per heavy atom. The summed E-state index contributed by atoms with van der Waals surface area (Å²) >= 11 is 3.37. The van der Waals surface area contributed by atoms with Crippen molar-refractivity contribution in [2.45, 2.75) is 44.7 Å². The van der Waals surface area contributed by atoms with Crippen molar-refractivity contribution in [2.24, 2.45) is 5.41 Å². The minimum Gasteiger partial charge on any atom is -0.363 e. The SMILES string of the molecule is C[C@@H](Nc1ncnc2c(Br)c(=O)n(C3CC34CC4)cc12)c1cccc(C(F)F)c1F. The molecule has 2 atom stereocenters. The zero-order chi connectivity index (χ0) is 21.2.